The molecule has 0 bridgehead atoms. The van der Waals surface area contributed by atoms with Crippen LogP contribution in [0, 0.1) is 0 Å². The van der Waals surface area contributed by atoms with E-state index >= 15 is 0 Å². The van der Waals surface area contributed by atoms with Crippen LogP contribution in [0.2, 0.25) is 0 Å². The van der Waals surface area contributed by atoms with Crippen LogP contribution in [0.4, 0.5) is 0 Å². The van der Waals surface area contributed by atoms with Crippen LogP contribution in [0.25, 0.3) is 12.2 Å². The van der Waals surface area contributed by atoms with Crippen molar-refractivity contribution in [2.45, 2.75) is 13.3 Å². The first-order valence-electron chi connectivity index (χ1n) is 6.85. The maximum absolute atomic E-state index is 5.43. The van der Waals surface area contributed by atoms with Gasteiger partial charge in [-0.3, -0.25) is 0 Å². The van der Waals surface area contributed by atoms with Crippen LogP contribution in [0.1, 0.15) is 18.1 Å². The second kappa shape index (κ2) is 5.33. The Hall–Kier alpha value is -2.35. The molecule has 2 heteroatoms. The van der Waals surface area contributed by atoms with E-state index in [0.717, 1.165) is 23.2 Å². The molecule has 0 radical (unpaired) electrons. The summed E-state index contributed by atoms with van der Waals surface area (Å²) in [5.41, 5.74) is 3.39. The smallest absolute Gasteiger partial charge is 0.122 e. The highest BCUT2D eigenvalue weighted by Crippen LogP contribution is 2.25. The zero-order valence-corrected chi connectivity index (χ0v) is 11.8. The van der Waals surface area contributed by atoms with Gasteiger partial charge < -0.3 is 4.74 Å². The fourth-order valence-corrected chi connectivity index (χ4v) is 2.56. The molecule has 1 aliphatic rings. The summed E-state index contributed by atoms with van der Waals surface area (Å²) in [6.45, 7) is 2.14. The number of ether oxygens (including phenoxy) is 1. The zero-order chi connectivity index (χ0) is 13.9. The summed E-state index contributed by atoms with van der Waals surface area (Å²) >= 11 is 0. The number of nitrogens with zero attached hydrogens (tertiary/aromatic N) is 1. The molecule has 0 N–H and O–H groups in total. The Kier molecular flexibility index (Phi) is 3.38. The summed E-state index contributed by atoms with van der Waals surface area (Å²) in [7, 11) is 1.72. The highest BCUT2D eigenvalue weighted by molar-refractivity contribution is 5.68. The molecule has 0 saturated carbocycles. The fourth-order valence-electron chi connectivity index (χ4n) is 2.56. The van der Waals surface area contributed by atoms with Gasteiger partial charge in [-0.25, -0.2) is 4.99 Å². The van der Waals surface area contributed by atoms with Gasteiger partial charge >= 0.3 is 0 Å². The molecular weight excluding hydrogens is 246 g/mol. The average Bonchev–Trinajstić information content (AvgIpc) is 2.89. The van der Waals surface area contributed by atoms with Crippen molar-refractivity contribution in [2.75, 3.05) is 7.11 Å². The summed E-state index contributed by atoms with van der Waals surface area (Å²) < 4.78 is 5.43. The van der Waals surface area contributed by atoms with Crippen molar-refractivity contribution in [3.05, 3.63) is 69.9 Å². The Bertz CT molecular complexity index is 750. The quantitative estimate of drug-likeness (QED) is 0.834. The lowest BCUT2D eigenvalue weighted by Gasteiger charge is -2.09. The molecule has 1 heterocycles. The minimum absolute atomic E-state index is 0.941. The molecule has 0 saturated heterocycles. The summed E-state index contributed by atoms with van der Waals surface area (Å²) in [4.78, 5) is 4.64. The second-order valence-corrected chi connectivity index (χ2v) is 4.77. The number of rotatable bonds is 3. The molecule has 0 spiro atoms. The van der Waals surface area contributed by atoms with Gasteiger partial charge in [-0.05, 0) is 36.3 Å². The van der Waals surface area contributed by atoms with E-state index in [9.17, 15) is 0 Å². The zero-order valence-electron chi connectivity index (χ0n) is 11.8. The van der Waals surface area contributed by atoms with E-state index in [4.69, 9.17) is 4.74 Å². The Morgan fingerprint density at radius 2 is 1.95 bits per heavy atom. The van der Waals surface area contributed by atoms with E-state index in [1.54, 1.807) is 7.11 Å². The van der Waals surface area contributed by atoms with Gasteiger partial charge in [-0.1, -0.05) is 37.3 Å². The topological polar surface area (TPSA) is 21.6 Å². The van der Waals surface area contributed by atoms with Gasteiger partial charge in [0, 0.05) is 10.8 Å². The van der Waals surface area contributed by atoms with Gasteiger partial charge in [0.1, 0.15) is 5.75 Å². The first-order valence-corrected chi connectivity index (χ1v) is 6.85. The molecule has 0 aromatic heterocycles. The summed E-state index contributed by atoms with van der Waals surface area (Å²) in [6, 6.07) is 14.3. The van der Waals surface area contributed by atoms with Crippen LogP contribution in [-0.4, -0.2) is 7.11 Å². The SMILES string of the molecule is CCc1c(C=C2C=c3ccccc3=N2)cccc1OC. The van der Waals surface area contributed by atoms with Crippen LogP contribution in [0.15, 0.2) is 53.2 Å². The number of benzene rings is 2. The van der Waals surface area contributed by atoms with Crippen LogP contribution in [0.5, 0.6) is 5.75 Å². The van der Waals surface area contributed by atoms with Gasteiger partial charge in [-0.15, -0.1) is 0 Å². The molecule has 20 heavy (non-hydrogen) atoms. The molecule has 100 valence electrons. The molecule has 2 nitrogen and oxygen atoms in total. The van der Waals surface area contributed by atoms with Crippen molar-refractivity contribution < 1.29 is 4.74 Å². The highest BCUT2D eigenvalue weighted by atomic mass is 16.5. The molecule has 0 aliphatic carbocycles. The number of fused-ring (bicyclic) bond motifs is 1. The molecule has 1 aliphatic heterocycles. The lowest BCUT2D eigenvalue weighted by molar-refractivity contribution is 0.410. The van der Waals surface area contributed by atoms with E-state index in [0.29, 0.717) is 0 Å². The third-order valence-corrected chi connectivity index (χ3v) is 3.54. The Labute approximate surface area is 118 Å². The van der Waals surface area contributed by atoms with E-state index in [-0.39, 0.29) is 0 Å². The number of para-hydroxylation sites is 1. The van der Waals surface area contributed by atoms with Crippen molar-refractivity contribution in [3.8, 4) is 5.75 Å². The second-order valence-electron chi connectivity index (χ2n) is 4.77. The minimum atomic E-state index is 0.941. The predicted octanol–water partition coefficient (Wildman–Crippen LogP) is 2.71. The molecule has 0 fully saturated rings. The Balaban J connectivity index is 2.09. The van der Waals surface area contributed by atoms with Gasteiger partial charge in [-0.2, -0.15) is 0 Å². The molecular formula is C18H17NO. The number of methoxy groups -OCH3 is 1. The van der Waals surface area contributed by atoms with Gasteiger partial charge in [0.05, 0.1) is 18.2 Å². The van der Waals surface area contributed by atoms with Crippen molar-refractivity contribution >= 4 is 12.2 Å². The van der Waals surface area contributed by atoms with Crippen molar-refractivity contribution in [3.63, 3.8) is 0 Å². The first kappa shape index (κ1) is 12.7. The van der Waals surface area contributed by atoms with Crippen molar-refractivity contribution in [2.24, 2.45) is 4.99 Å². The van der Waals surface area contributed by atoms with Crippen LogP contribution in [0.3, 0.4) is 0 Å². The number of allylic oxidation sites excluding steroid dienone is 1. The maximum Gasteiger partial charge on any atom is 0.122 e. The Morgan fingerprint density at radius 3 is 2.70 bits per heavy atom. The molecule has 3 rings (SSSR count). The van der Waals surface area contributed by atoms with Crippen LogP contribution >= 0.6 is 0 Å². The van der Waals surface area contributed by atoms with Crippen molar-refractivity contribution in [1.29, 1.82) is 0 Å². The van der Waals surface area contributed by atoms with E-state index in [1.807, 2.05) is 30.3 Å². The normalized spacial score (nSPS) is 14.6. The number of hydrogen-bond acceptors (Lipinski definition) is 2. The monoisotopic (exact) mass is 263 g/mol. The molecule has 0 unspecified atom stereocenters. The lowest BCUT2D eigenvalue weighted by Crippen LogP contribution is -2.19. The third-order valence-electron chi connectivity index (χ3n) is 3.54. The van der Waals surface area contributed by atoms with Gasteiger partial charge in [0.25, 0.3) is 0 Å². The van der Waals surface area contributed by atoms with Crippen molar-refractivity contribution in [1.82, 2.24) is 0 Å². The largest absolute Gasteiger partial charge is 0.496 e. The Morgan fingerprint density at radius 1 is 1.10 bits per heavy atom. The average molecular weight is 263 g/mol. The van der Waals surface area contributed by atoms with E-state index in [2.05, 4.69) is 36.2 Å². The molecule has 2 aromatic carbocycles. The summed E-state index contributed by atoms with van der Waals surface area (Å²) in [6.07, 6.45) is 5.19. The van der Waals surface area contributed by atoms with E-state index in [1.165, 1.54) is 16.3 Å². The molecule has 0 amide bonds. The lowest BCUT2D eigenvalue weighted by atomic mass is 10.0. The van der Waals surface area contributed by atoms with Gasteiger partial charge in [0.2, 0.25) is 0 Å². The fraction of sp³-hybridized carbons (Fsp3) is 0.167. The maximum atomic E-state index is 5.43. The summed E-state index contributed by atoms with van der Waals surface area (Å²) in [5.74, 6) is 0.942. The minimum Gasteiger partial charge on any atom is -0.496 e. The number of hydrogen-bond donors (Lipinski definition) is 0. The highest BCUT2D eigenvalue weighted by Gasteiger charge is 2.07. The van der Waals surface area contributed by atoms with Crippen LogP contribution in [-0.2, 0) is 6.42 Å². The summed E-state index contributed by atoms with van der Waals surface area (Å²) in [5, 5.41) is 2.22. The van der Waals surface area contributed by atoms with Gasteiger partial charge in [0.15, 0.2) is 0 Å². The standard InChI is InChI=1S/C18H17NO/c1-3-16-13(8-6-10-18(16)20-2)11-15-12-14-7-4-5-9-17(14)19-15/h4-12H,3H2,1-2H3. The van der Waals surface area contributed by atoms with E-state index < -0.39 is 0 Å². The molecule has 2 aromatic rings. The third kappa shape index (κ3) is 2.25. The van der Waals surface area contributed by atoms with Crippen LogP contribution < -0.4 is 15.3 Å². The predicted molar refractivity (Wildman–Crippen MR) is 82.0 cm³/mol. The first-order chi connectivity index (χ1) is 9.81. The molecule has 0 atom stereocenters.